The van der Waals surface area contributed by atoms with Crippen LogP contribution in [0.2, 0.25) is 0 Å². The predicted molar refractivity (Wildman–Crippen MR) is 122 cm³/mol. The lowest BCUT2D eigenvalue weighted by atomic mass is 10.1. The van der Waals surface area contributed by atoms with Crippen molar-refractivity contribution < 1.29 is 27.1 Å². The van der Waals surface area contributed by atoms with Gasteiger partial charge in [0.2, 0.25) is 0 Å². The minimum atomic E-state index is -4.47. The summed E-state index contributed by atoms with van der Waals surface area (Å²) in [4.78, 5) is 15.1. The van der Waals surface area contributed by atoms with Crippen LogP contribution in [-0.4, -0.2) is 13.0 Å². The number of furan rings is 1. The molecule has 0 bridgehead atoms. The zero-order valence-corrected chi connectivity index (χ0v) is 18.0. The van der Waals surface area contributed by atoms with Crippen LogP contribution >= 0.6 is 0 Å². The van der Waals surface area contributed by atoms with Crippen LogP contribution in [-0.2, 0) is 6.18 Å². The monoisotopic (exact) mass is 464 g/mol. The van der Waals surface area contributed by atoms with E-state index >= 15 is 0 Å². The van der Waals surface area contributed by atoms with Gasteiger partial charge in [-0.2, -0.15) is 13.2 Å². The summed E-state index contributed by atoms with van der Waals surface area (Å²) in [5.41, 5.74) is 1.15. The highest BCUT2D eigenvalue weighted by atomic mass is 19.4. The molecule has 0 saturated heterocycles. The SMILES string of the molecule is COc1ccccc1N1C(=O)c2ccccc2N[C@@H]1c1ccc(-c2cccc(C(F)(F)F)c2)o1. The Hall–Kier alpha value is -4.20. The minimum absolute atomic E-state index is 0.259. The number of ether oxygens (including phenoxy) is 1. The van der Waals surface area contributed by atoms with E-state index in [-0.39, 0.29) is 17.2 Å². The van der Waals surface area contributed by atoms with Crippen molar-refractivity contribution in [3.8, 4) is 17.1 Å². The van der Waals surface area contributed by atoms with E-state index in [4.69, 9.17) is 9.15 Å². The highest BCUT2D eigenvalue weighted by molar-refractivity contribution is 6.12. The molecule has 1 atom stereocenters. The van der Waals surface area contributed by atoms with Gasteiger partial charge in [-0.1, -0.05) is 36.4 Å². The first-order chi connectivity index (χ1) is 16.4. The second-order valence-corrected chi connectivity index (χ2v) is 7.72. The number of anilines is 2. The standard InChI is InChI=1S/C26H19F3N2O3/c1-33-22-12-5-4-11-20(22)31-24(30-19-10-3-2-9-18(19)25(31)32)23-14-13-21(34-23)16-7-6-8-17(15-16)26(27,28)29/h2-15,24,30H,1H3/t24-/m0/s1. The van der Waals surface area contributed by atoms with E-state index in [1.165, 1.54) is 18.1 Å². The van der Waals surface area contributed by atoms with Gasteiger partial charge in [-0.05, 0) is 48.5 Å². The Labute approximate surface area is 193 Å². The predicted octanol–water partition coefficient (Wildman–Crippen LogP) is 6.75. The van der Waals surface area contributed by atoms with Crippen LogP contribution in [0, 0.1) is 0 Å². The molecule has 1 aliphatic heterocycles. The van der Waals surface area contributed by atoms with E-state index in [1.54, 1.807) is 60.7 Å². The normalized spacial score (nSPS) is 15.6. The third-order valence-corrected chi connectivity index (χ3v) is 5.64. The summed E-state index contributed by atoms with van der Waals surface area (Å²) in [6.07, 6.45) is -5.22. The fourth-order valence-corrected chi connectivity index (χ4v) is 4.03. The van der Waals surface area contributed by atoms with Crippen molar-refractivity contribution in [3.63, 3.8) is 0 Å². The number of hydrogen-bond acceptors (Lipinski definition) is 4. The van der Waals surface area contributed by atoms with Crippen molar-refractivity contribution in [1.29, 1.82) is 0 Å². The molecule has 0 radical (unpaired) electrons. The van der Waals surface area contributed by atoms with E-state index in [2.05, 4.69) is 5.32 Å². The molecular formula is C26H19F3N2O3. The maximum Gasteiger partial charge on any atom is 0.416 e. The summed E-state index contributed by atoms with van der Waals surface area (Å²) in [6.45, 7) is 0. The fourth-order valence-electron chi connectivity index (χ4n) is 4.03. The summed E-state index contributed by atoms with van der Waals surface area (Å²) in [5.74, 6) is 0.850. The fraction of sp³-hybridized carbons (Fsp3) is 0.115. The van der Waals surface area contributed by atoms with Crippen LogP contribution in [0.25, 0.3) is 11.3 Å². The van der Waals surface area contributed by atoms with Gasteiger partial charge in [0.15, 0.2) is 6.17 Å². The number of benzene rings is 3. The number of amides is 1. The molecule has 0 fully saturated rings. The zero-order chi connectivity index (χ0) is 23.9. The van der Waals surface area contributed by atoms with Crippen molar-refractivity contribution in [3.05, 3.63) is 102 Å². The summed E-state index contributed by atoms with van der Waals surface area (Å²) >= 11 is 0. The molecule has 172 valence electrons. The zero-order valence-electron chi connectivity index (χ0n) is 18.0. The second-order valence-electron chi connectivity index (χ2n) is 7.72. The Kier molecular flexibility index (Phi) is 5.28. The largest absolute Gasteiger partial charge is 0.495 e. The van der Waals surface area contributed by atoms with E-state index in [1.807, 2.05) is 6.07 Å². The van der Waals surface area contributed by atoms with Gasteiger partial charge in [-0.25, -0.2) is 0 Å². The molecule has 34 heavy (non-hydrogen) atoms. The third-order valence-electron chi connectivity index (χ3n) is 5.64. The molecular weight excluding hydrogens is 445 g/mol. The Morgan fingerprint density at radius 3 is 2.50 bits per heavy atom. The molecule has 0 aliphatic carbocycles. The van der Waals surface area contributed by atoms with Crippen LogP contribution in [0.5, 0.6) is 5.75 Å². The average Bonchev–Trinajstić information content (AvgIpc) is 3.34. The van der Waals surface area contributed by atoms with Gasteiger partial charge >= 0.3 is 6.18 Å². The lowest BCUT2D eigenvalue weighted by Crippen LogP contribution is -2.43. The van der Waals surface area contributed by atoms with Gasteiger partial charge in [-0.3, -0.25) is 9.69 Å². The highest BCUT2D eigenvalue weighted by Gasteiger charge is 2.37. The number of carbonyl (C=O) groups is 1. The number of nitrogens with zero attached hydrogens (tertiary/aromatic N) is 1. The van der Waals surface area contributed by atoms with Crippen LogP contribution in [0.4, 0.5) is 24.5 Å². The first-order valence-corrected chi connectivity index (χ1v) is 10.5. The first-order valence-electron chi connectivity index (χ1n) is 10.5. The smallest absolute Gasteiger partial charge is 0.416 e. The van der Waals surface area contributed by atoms with Crippen molar-refractivity contribution in [1.82, 2.24) is 0 Å². The maximum atomic E-state index is 13.6. The molecule has 1 N–H and O–H groups in total. The summed E-state index contributed by atoms with van der Waals surface area (Å²) in [7, 11) is 1.52. The molecule has 4 aromatic rings. The molecule has 0 saturated carbocycles. The lowest BCUT2D eigenvalue weighted by molar-refractivity contribution is -0.137. The molecule has 2 heterocycles. The number of halogens is 3. The average molecular weight is 464 g/mol. The van der Waals surface area contributed by atoms with E-state index in [0.717, 1.165) is 12.1 Å². The molecule has 3 aromatic carbocycles. The molecule has 5 nitrogen and oxygen atoms in total. The Morgan fingerprint density at radius 2 is 1.71 bits per heavy atom. The summed E-state index contributed by atoms with van der Waals surface area (Å²) in [6, 6.07) is 22.4. The topological polar surface area (TPSA) is 54.7 Å². The van der Waals surface area contributed by atoms with Crippen LogP contribution in [0.1, 0.15) is 27.8 Å². The van der Waals surface area contributed by atoms with Crippen LogP contribution in [0.15, 0.2) is 89.3 Å². The highest BCUT2D eigenvalue weighted by Crippen LogP contribution is 2.41. The molecule has 0 spiro atoms. The van der Waals surface area contributed by atoms with Crippen LogP contribution < -0.4 is 15.0 Å². The Morgan fingerprint density at radius 1 is 0.941 bits per heavy atom. The molecule has 1 amide bonds. The summed E-state index contributed by atoms with van der Waals surface area (Å²) < 4.78 is 51.0. The second kappa shape index (κ2) is 8.30. The number of fused-ring (bicyclic) bond motifs is 1. The Balaban J connectivity index is 1.59. The van der Waals surface area contributed by atoms with Crippen molar-refractivity contribution >= 4 is 17.3 Å². The number of hydrogen-bond donors (Lipinski definition) is 1. The number of carbonyl (C=O) groups excluding carboxylic acids is 1. The van der Waals surface area contributed by atoms with E-state index < -0.39 is 17.9 Å². The van der Waals surface area contributed by atoms with Gasteiger partial charge in [0.25, 0.3) is 5.91 Å². The first kappa shape index (κ1) is 21.6. The summed E-state index contributed by atoms with van der Waals surface area (Å²) in [5, 5.41) is 3.32. The molecule has 8 heteroatoms. The van der Waals surface area contributed by atoms with Gasteiger partial charge < -0.3 is 14.5 Å². The van der Waals surface area contributed by atoms with Crippen molar-refractivity contribution in [2.75, 3.05) is 17.3 Å². The number of para-hydroxylation sites is 3. The number of nitrogens with one attached hydrogen (secondary N) is 1. The molecule has 5 rings (SSSR count). The van der Waals surface area contributed by atoms with Crippen molar-refractivity contribution in [2.45, 2.75) is 12.3 Å². The Bertz CT molecular complexity index is 1360. The number of alkyl halides is 3. The van der Waals surface area contributed by atoms with Crippen LogP contribution in [0.3, 0.4) is 0 Å². The molecule has 1 aromatic heterocycles. The van der Waals surface area contributed by atoms with Gasteiger partial charge in [0.05, 0.1) is 23.9 Å². The molecule has 0 unspecified atom stereocenters. The van der Waals surface area contributed by atoms with E-state index in [0.29, 0.717) is 28.4 Å². The van der Waals surface area contributed by atoms with E-state index in [9.17, 15) is 18.0 Å². The number of methoxy groups -OCH3 is 1. The maximum absolute atomic E-state index is 13.6. The van der Waals surface area contributed by atoms with Gasteiger partial charge in [-0.15, -0.1) is 0 Å². The lowest BCUT2D eigenvalue weighted by Gasteiger charge is -2.37. The molecule has 1 aliphatic rings. The number of rotatable bonds is 4. The van der Waals surface area contributed by atoms with Gasteiger partial charge in [0.1, 0.15) is 17.3 Å². The third kappa shape index (κ3) is 3.77. The minimum Gasteiger partial charge on any atom is -0.495 e. The van der Waals surface area contributed by atoms with Crippen molar-refractivity contribution in [2.24, 2.45) is 0 Å². The quantitative estimate of drug-likeness (QED) is 0.363. The van der Waals surface area contributed by atoms with Gasteiger partial charge in [0, 0.05) is 11.3 Å².